The molecule has 2 aliphatic rings. The Balaban J connectivity index is 1.43. The molecular weight excluding hydrogens is 416 g/mol. The predicted molar refractivity (Wildman–Crippen MR) is 114 cm³/mol. The topological polar surface area (TPSA) is 82.0 Å². The highest BCUT2D eigenvalue weighted by atomic mass is 35.5. The molecular formula is C22H19ClN6O2. The van der Waals surface area contributed by atoms with Gasteiger partial charge < -0.3 is 13.9 Å². The van der Waals surface area contributed by atoms with Crippen LogP contribution in [0.1, 0.15) is 29.8 Å². The Morgan fingerprint density at radius 2 is 2.16 bits per heavy atom. The fraction of sp³-hybridized carbons (Fsp3) is 0.273. The monoisotopic (exact) mass is 434 g/mol. The Labute approximate surface area is 183 Å². The van der Waals surface area contributed by atoms with Crippen molar-refractivity contribution in [3.8, 4) is 28.5 Å². The van der Waals surface area contributed by atoms with Gasteiger partial charge in [0, 0.05) is 48.8 Å². The van der Waals surface area contributed by atoms with E-state index in [1.807, 2.05) is 41.0 Å². The minimum atomic E-state index is 0.166. The highest BCUT2D eigenvalue weighted by molar-refractivity contribution is 6.31. The molecule has 0 N–H and O–H groups in total. The summed E-state index contributed by atoms with van der Waals surface area (Å²) >= 11 is 6.30. The van der Waals surface area contributed by atoms with Gasteiger partial charge in [-0.05, 0) is 24.6 Å². The SMILES string of the molecule is Cn1cc2c(n1)-c1cc(Cl)ccc1-n1cnc(-c3nc(CN4CCCC4=O)co3)c1C2. The Morgan fingerprint density at radius 3 is 3.00 bits per heavy atom. The lowest BCUT2D eigenvalue weighted by Crippen LogP contribution is -2.23. The fourth-order valence-electron chi connectivity index (χ4n) is 4.47. The number of carbonyl (C=O) groups excluding carboxylic acids is 1. The number of aromatic nitrogens is 5. The van der Waals surface area contributed by atoms with E-state index in [9.17, 15) is 4.79 Å². The molecule has 9 heteroatoms. The minimum absolute atomic E-state index is 0.166. The molecule has 0 spiro atoms. The number of hydrogen-bond donors (Lipinski definition) is 0. The third-order valence-corrected chi connectivity index (χ3v) is 6.12. The molecule has 0 atom stereocenters. The minimum Gasteiger partial charge on any atom is -0.443 e. The largest absolute Gasteiger partial charge is 0.443 e. The Bertz CT molecular complexity index is 1330. The molecule has 1 saturated heterocycles. The predicted octanol–water partition coefficient (Wildman–Crippen LogP) is 3.61. The molecule has 1 amide bonds. The summed E-state index contributed by atoms with van der Waals surface area (Å²) < 4.78 is 9.66. The average molecular weight is 435 g/mol. The van der Waals surface area contributed by atoms with E-state index in [4.69, 9.17) is 16.0 Å². The normalized spacial score (nSPS) is 15.0. The Kier molecular flexibility index (Phi) is 4.04. The van der Waals surface area contributed by atoms with Gasteiger partial charge >= 0.3 is 0 Å². The molecule has 0 aliphatic carbocycles. The smallest absolute Gasteiger partial charge is 0.247 e. The molecule has 0 radical (unpaired) electrons. The van der Waals surface area contributed by atoms with E-state index in [0.29, 0.717) is 36.0 Å². The van der Waals surface area contributed by atoms with Gasteiger partial charge in [-0.3, -0.25) is 9.48 Å². The number of carbonyl (C=O) groups is 1. The molecule has 31 heavy (non-hydrogen) atoms. The van der Waals surface area contributed by atoms with Crippen molar-refractivity contribution >= 4 is 17.5 Å². The van der Waals surface area contributed by atoms with Crippen molar-refractivity contribution in [3.63, 3.8) is 0 Å². The number of nitrogens with zero attached hydrogens (tertiary/aromatic N) is 6. The molecule has 4 aromatic rings. The Hall–Kier alpha value is -3.39. The summed E-state index contributed by atoms with van der Waals surface area (Å²) in [6, 6.07) is 5.79. The summed E-state index contributed by atoms with van der Waals surface area (Å²) in [6.07, 6.45) is 7.56. The van der Waals surface area contributed by atoms with E-state index in [-0.39, 0.29) is 5.91 Å². The van der Waals surface area contributed by atoms with Crippen LogP contribution in [0.3, 0.4) is 0 Å². The number of aryl methyl sites for hydroxylation is 1. The maximum Gasteiger partial charge on any atom is 0.247 e. The second-order valence-electron chi connectivity index (χ2n) is 7.99. The zero-order valence-electron chi connectivity index (χ0n) is 16.9. The number of fused-ring (bicyclic) bond motifs is 5. The van der Waals surface area contributed by atoms with Gasteiger partial charge in [-0.2, -0.15) is 5.10 Å². The number of rotatable bonds is 3. The first kappa shape index (κ1) is 18.4. The molecule has 0 bridgehead atoms. The third-order valence-electron chi connectivity index (χ3n) is 5.88. The van der Waals surface area contributed by atoms with E-state index < -0.39 is 0 Å². The first-order valence-electron chi connectivity index (χ1n) is 10.2. The number of benzene rings is 1. The summed E-state index contributed by atoms with van der Waals surface area (Å²) in [4.78, 5) is 23.0. The van der Waals surface area contributed by atoms with E-state index in [2.05, 4.69) is 19.6 Å². The lowest BCUT2D eigenvalue weighted by Gasteiger charge is -2.12. The van der Waals surface area contributed by atoms with Crippen LogP contribution in [-0.4, -0.2) is 41.7 Å². The third kappa shape index (κ3) is 2.97. The van der Waals surface area contributed by atoms with E-state index >= 15 is 0 Å². The van der Waals surface area contributed by atoms with Crippen molar-refractivity contribution in [3.05, 3.63) is 59.0 Å². The Morgan fingerprint density at radius 1 is 1.26 bits per heavy atom. The molecule has 6 rings (SSSR count). The molecule has 2 aliphatic heterocycles. The summed E-state index contributed by atoms with van der Waals surface area (Å²) in [6.45, 7) is 1.23. The van der Waals surface area contributed by atoms with Gasteiger partial charge in [0.05, 0.1) is 29.3 Å². The first-order chi connectivity index (χ1) is 15.1. The average Bonchev–Trinajstić information content (AvgIpc) is 3.51. The van der Waals surface area contributed by atoms with Crippen LogP contribution in [0, 0.1) is 0 Å². The zero-order chi connectivity index (χ0) is 21.1. The van der Waals surface area contributed by atoms with Crippen molar-refractivity contribution < 1.29 is 9.21 Å². The molecule has 8 nitrogen and oxygen atoms in total. The second-order valence-corrected chi connectivity index (χ2v) is 8.42. The van der Waals surface area contributed by atoms with Gasteiger partial charge in [0.2, 0.25) is 11.8 Å². The fourth-order valence-corrected chi connectivity index (χ4v) is 4.64. The van der Waals surface area contributed by atoms with Crippen LogP contribution < -0.4 is 0 Å². The molecule has 0 unspecified atom stereocenters. The van der Waals surface area contributed by atoms with Crippen molar-refractivity contribution in [2.45, 2.75) is 25.8 Å². The van der Waals surface area contributed by atoms with E-state index in [1.165, 1.54) is 0 Å². The van der Waals surface area contributed by atoms with Crippen LogP contribution in [0.15, 0.2) is 41.4 Å². The van der Waals surface area contributed by atoms with Crippen LogP contribution in [0.2, 0.25) is 5.02 Å². The maximum atomic E-state index is 11.9. The van der Waals surface area contributed by atoms with Gasteiger partial charge in [0.15, 0.2) is 0 Å². The molecule has 1 aromatic carbocycles. The molecule has 1 fully saturated rings. The number of likely N-dealkylation sites (tertiary alicyclic amines) is 1. The quantitative estimate of drug-likeness (QED) is 0.433. The van der Waals surface area contributed by atoms with Gasteiger partial charge in [-0.15, -0.1) is 0 Å². The molecule has 5 heterocycles. The number of amides is 1. The van der Waals surface area contributed by atoms with Crippen LogP contribution >= 0.6 is 11.6 Å². The van der Waals surface area contributed by atoms with Crippen LogP contribution in [-0.2, 0) is 24.8 Å². The number of imidazole rings is 1. The summed E-state index contributed by atoms with van der Waals surface area (Å²) in [7, 11) is 1.91. The highest BCUT2D eigenvalue weighted by Gasteiger charge is 2.27. The van der Waals surface area contributed by atoms with Gasteiger partial charge in [0.1, 0.15) is 18.3 Å². The van der Waals surface area contributed by atoms with E-state index in [1.54, 1.807) is 12.6 Å². The second kappa shape index (κ2) is 6.81. The number of hydrogen-bond acceptors (Lipinski definition) is 5. The molecule has 156 valence electrons. The van der Waals surface area contributed by atoms with Crippen molar-refractivity contribution in [1.29, 1.82) is 0 Å². The van der Waals surface area contributed by atoms with Crippen molar-refractivity contribution in [2.75, 3.05) is 6.54 Å². The number of halogens is 1. The first-order valence-corrected chi connectivity index (χ1v) is 10.6. The van der Waals surface area contributed by atoms with Crippen LogP contribution in [0.25, 0.3) is 28.5 Å². The molecule has 0 saturated carbocycles. The van der Waals surface area contributed by atoms with Crippen LogP contribution in [0.5, 0.6) is 0 Å². The zero-order valence-corrected chi connectivity index (χ0v) is 17.6. The highest BCUT2D eigenvalue weighted by Crippen LogP contribution is 2.38. The summed E-state index contributed by atoms with van der Waals surface area (Å²) in [5.41, 5.74) is 6.32. The van der Waals surface area contributed by atoms with Crippen LogP contribution in [0.4, 0.5) is 0 Å². The van der Waals surface area contributed by atoms with E-state index in [0.717, 1.165) is 46.9 Å². The van der Waals surface area contributed by atoms with Gasteiger partial charge in [-0.25, -0.2) is 9.97 Å². The van der Waals surface area contributed by atoms with Crippen molar-refractivity contribution in [2.24, 2.45) is 7.05 Å². The van der Waals surface area contributed by atoms with Gasteiger partial charge in [0.25, 0.3) is 0 Å². The maximum absolute atomic E-state index is 11.9. The lowest BCUT2D eigenvalue weighted by atomic mass is 10.0. The van der Waals surface area contributed by atoms with Gasteiger partial charge in [-0.1, -0.05) is 11.6 Å². The summed E-state index contributed by atoms with van der Waals surface area (Å²) in [5.74, 6) is 0.623. The molecule has 3 aromatic heterocycles. The summed E-state index contributed by atoms with van der Waals surface area (Å²) in [5, 5.41) is 5.34. The standard InChI is InChI=1S/C22H19ClN6O2/c1-27-9-13-7-18-21(22-25-15(11-31-22)10-28-6-2-3-19(28)30)24-12-29(18)17-5-4-14(23)8-16(17)20(13)26-27/h4-5,8-9,11-12H,2-3,6-7,10H2,1H3. The lowest BCUT2D eigenvalue weighted by molar-refractivity contribution is -0.128. The number of oxazole rings is 1. The van der Waals surface area contributed by atoms with Crippen molar-refractivity contribution in [1.82, 2.24) is 29.2 Å².